The number of carbonyl (C=O) groups is 1. The standard InChI is InChI=1S/C29H34ClN3O3S/c1-21(2)31-15-12-26(13-16-31)32-17-14-28(29(32)34)33(20-22-6-4-3-5-7-22)37(35,36)27-11-9-23-18-25(30)10-8-24(23)19-27/h3-11,18-19,21,26,28H,12-17,20H2,1-2H3. The largest absolute Gasteiger partial charge is 0.338 e. The molecule has 0 spiro atoms. The Morgan fingerprint density at radius 2 is 1.59 bits per heavy atom. The molecule has 0 radical (unpaired) electrons. The van der Waals surface area contributed by atoms with Crippen LogP contribution in [-0.2, 0) is 21.4 Å². The zero-order valence-electron chi connectivity index (χ0n) is 21.4. The average Bonchev–Trinajstić information content (AvgIpc) is 3.28. The van der Waals surface area contributed by atoms with Crippen molar-refractivity contribution >= 4 is 38.3 Å². The summed E-state index contributed by atoms with van der Waals surface area (Å²) >= 11 is 6.12. The second-order valence-electron chi connectivity index (χ2n) is 10.4. The Labute approximate surface area is 224 Å². The molecule has 2 aliphatic rings. The summed E-state index contributed by atoms with van der Waals surface area (Å²) in [6.45, 7) is 7.06. The number of amides is 1. The van der Waals surface area contributed by atoms with Gasteiger partial charge in [0, 0.05) is 43.3 Å². The highest BCUT2D eigenvalue weighted by atomic mass is 35.5. The summed E-state index contributed by atoms with van der Waals surface area (Å²) in [5, 5.41) is 2.27. The molecule has 0 aromatic heterocycles. The first-order valence-corrected chi connectivity index (χ1v) is 14.9. The van der Waals surface area contributed by atoms with E-state index in [1.165, 1.54) is 4.31 Å². The van der Waals surface area contributed by atoms with Crippen molar-refractivity contribution in [1.29, 1.82) is 0 Å². The Kier molecular flexibility index (Phi) is 7.59. The van der Waals surface area contributed by atoms with Crippen LogP contribution in [0.3, 0.4) is 0 Å². The molecule has 196 valence electrons. The van der Waals surface area contributed by atoms with Crippen molar-refractivity contribution in [2.75, 3.05) is 19.6 Å². The third-order valence-electron chi connectivity index (χ3n) is 7.79. The van der Waals surface area contributed by atoms with Gasteiger partial charge in [0.25, 0.3) is 0 Å². The monoisotopic (exact) mass is 539 g/mol. The number of piperidine rings is 1. The van der Waals surface area contributed by atoms with Gasteiger partial charge in [-0.3, -0.25) is 4.79 Å². The van der Waals surface area contributed by atoms with Gasteiger partial charge in [0.2, 0.25) is 15.9 Å². The van der Waals surface area contributed by atoms with E-state index in [4.69, 9.17) is 11.6 Å². The molecule has 0 saturated carbocycles. The van der Waals surface area contributed by atoms with Crippen LogP contribution in [0, 0.1) is 0 Å². The zero-order valence-corrected chi connectivity index (χ0v) is 23.0. The lowest BCUT2D eigenvalue weighted by Crippen LogP contribution is -2.50. The maximum absolute atomic E-state index is 14.1. The van der Waals surface area contributed by atoms with Crippen LogP contribution in [-0.4, -0.2) is 66.2 Å². The summed E-state index contributed by atoms with van der Waals surface area (Å²) < 4.78 is 29.6. The molecular weight excluding hydrogens is 506 g/mol. The smallest absolute Gasteiger partial charge is 0.244 e. The van der Waals surface area contributed by atoms with Crippen molar-refractivity contribution in [2.45, 2.75) is 62.7 Å². The highest BCUT2D eigenvalue weighted by Gasteiger charge is 2.44. The molecule has 3 aromatic carbocycles. The van der Waals surface area contributed by atoms with Gasteiger partial charge in [0.05, 0.1) is 4.90 Å². The minimum atomic E-state index is -3.95. The fourth-order valence-electron chi connectivity index (χ4n) is 5.65. The number of carbonyl (C=O) groups excluding carboxylic acids is 1. The summed E-state index contributed by atoms with van der Waals surface area (Å²) in [7, 11) is -3.95. The molecule has 3 aromatic rings. The summed E-state index contributed by atoms with van der Waals surface area (Å²) in [5.74, 6) is -0.0740. The summed E-state index contributed by atoms with van der Waals surface area (Å²) in [6.07, 6.45) is 2.35. The number of rotatable bonds is 7. The van der Waals surface area contributed by atoms with Crippen LogP contribution < -0.4 is 0 Å². The summed E-state index contributed by atoms with van der Waals surface area (Å²) in [6, 6.07) is 19.9. The van der Waals surface area contributed by atoms with Crippen molar-refractivity contribution in [3.63, 3.8) is 0 Å². The molecule has 8 heteroatoms. The van der Waals surface area contributed by atoms with E-state index in [-0.39, 0.29) is 23.4 Å². The molecule has 1 atom stereocenters. The minimum absolute atomic E-state index is 0.0740. The number of hydrogen-bond donors (Lipinski definition) is 0. The van der Waals surface area contributed by atoms with Crippen LogP contribution in [0.4, 0.5) is 0 Å². The molecule has 1 amide bonds. The van der Waals surface area contributed by atoms with Gasteiger partial charge in [-0.2, -0.15) is 4.31 Å². The number of fused-ring (bicyclic) bond motifs is 1. The predicted octanol–water partition coefficient (Wildman–Crippen LogP) is 5.16. The van der Waals surface area contributed by atoms with E-state index in [2.05, 4.69) is 18.7 Å². The van der Waals surface area contributed by atoms with E-state index in [0.717, 1.165) is 42.3 Å². The fraction of sp³-hybridized carbons (Fsp3) is 0.414. The number of sulfonamides is 1. The maximum Gasteiger partial charge on any atom is 0.244 e. The van der Waals surface area contributed by atoms with Crippen LogP contribution in [0.25, 0.3) is 10.8 Å². The molecule has 2 saturated heterocycles. The van der Waals surface area contributed by atoms with E-state index >= 15 is 0 Å². The van der Waals surface area contributed by atoms with Gasteiger partial charge in [-0.1, -0.05) is 54.1 Å². The quantitative estimate of drug-likeness (QED) is 0.416. The van der Waals surface area contributed by atoms with Crippen molar-refractivity contribution < 1.29 is 13.2 Å². The first kappa shape index (κ1) is 26.2. The molecule has 2 fully saturated rings. The van der Waals surface area contributed by atoms with Crippen molar-refractivity contribution in [1.82, 2.24) is 14.1 Å². The number of likely N-dealkylation sites (tertiary alicyclic amines) is 2. The molecule has 5 rings (SSSR count). The normalized spacial score (nSPS) is 20.0. The third kappa shape index (κ3) is 5.41. The highest BCUT2D eigenvalue weighted by molar-refractivity contribution is 7.89. The average molecular weight is 540 g/mol. The second kappa shape index (κ2) is 10.7. The molecule has 0 N–H and O–H groups in total. The number of halogens is 1. The van der Waals surface area contributed by atoms with Gasteiger partial charge in [0.15, 0.2) is 0 Å². The van der Waals surface area contributed by atoms with Crippen LogP contribution >= 0.6 is 11.6 Å². The molecule has 0 bridgehead atoms. The SMILES string of the molecule is CC(C)N1CCC(N2CCC(N(Cc3ccccc3)S(=O)(=O)c3ccc4cc(Cl)ccc4c3)C2=O)CC1. The Hall–Kier alpha value is -2.45. The van der Waals surface area contributed by atoms with Crippen molar-refractivity contribution in [3.8, 4) is 0 Å². The van der Waals surface area contributed by atoms with E-state index in [0.29, 0.717) is 24.0 Å². The first-order valence-electron chi connectivity index (χ1n) is 13.0. The number of benzene rings is 3. The Morgan fingerprint density at radius 3 is 2.30 bits per heavy atom. The fourth-order valence-corrected chi connectivity index (χ4v) is 7.46. The lowest BCUT2D eigenvalue weighted by Gasteiger charge is -2.38. The molecule has 0 aliphatic carbocycles. The number of nitrogens with zero attached hydrogens (tertiary/aromatic N) is 3. The van der Waals surface area contributed by atoms with Crippen molar-refractivity contribution in [2.24, 2.45) is 0 Å². The highest BCUT2D eigenvalue weighted by Crippen LogP contribution is 2.32. The first-order chi connectivity index (χ1) is 17.7. The van der Waals surface area contributed by atoms with Crippen LogP contribution in [0.2, 0.25) is 5.02 Å². The summed E-state index contributed by atoms with van der Waals surface area (Å²) in [4.78, 5) is 18.3. The molecule has 37 heavy (non-hydrogen) atoms. The van der Waals surface area contributed by atoms with Gasteiger partial charge < -0.3 is 9.80 Å². The molecule has 1 unspecified atom stereocenters. The molecule has 6 nitrogen and oxygen atoms in total. The zero-order chi connectivity index (χ0) is 26.2. The van der Waals surface area contributed by atoms with E-state index in [1.807, 2.05) is 47.4 Å². The van der Waals surface area contributed by atoms with Crippen LogP contribution in [0.15, 0.2) is 71.6 Å². The van der Waals surface area contributed by atoms with Gasteiger partial charge in [-0.15, -0.1) is 0 Å². The topological polar surface area (TPSA) is 60.9 Å². The molecular formula is C29H34ClN3O3S. The predicted molar refractivity (Wildman–Crippen MR) is 148 cm³/mol. The third-order valence-corrected chi connectivity index (χ3v) is 9.88. The van der Waals surface area contributed by atoms with Crippen molar-refractivity contribution in [3.05, 3.63) is 77.3 Å². The molecule has 2 aliphatic heterocycles. The Morgan fingerprint density at radius 1 is 0.919 bits per heavy atom. The minimum Gasteiger partial charge on any atom is -0.338 e. The van der Waals surface area contributed by atoms with E-state index in [9.17, 15) is 13.2 Å². The summed E-state index contributed by atoms with van der Waals surface area (Å²) in [5.41, 5.74) is 0.857. The second-order valence-corrected chi connectivity index (χ2v) is 12.7. The van der Waals surface area contributed by atoms with Gasteiger partial charge in [-0.05, 0) is 73.7 Å². The van der Waals surface area contributed by atoms with Gasteiger partial charge in [-0.25, -0.2) is 8.42 Å². The van der Waals surface area contributed by atoms with Gasteiger partial charge >= 0.3 is 0 Å². The molecule has 2 heterocycles. The van der Waals surface area contributed by atoms with Gasteiger partial charge in [0.1, 0.15) is 6.04 Å². The number of hydrogen-bond acceptors (Lipinski definition) is 4. The van der Waals surface area contributed by atoms with Crippen LogP contribution in [0.1, 0.15) is 38.7 Å². The lowest BCUT2D eigenvalue weighted by atomic mass is 10.0. The maximum atomic E-state index is 14.1. The van der Waals surface area contributed by atoms with E-state index in [1.54, 1.807) is 24.3 Å². The lowest BCUT2D eigenvalue weighted by molar-refractivity contribution is -0.133. The van der Waals surface area contributed by atoms with E-state index < -0.39 is 16.1 Å². The van der Waals surface area contributed by atoms with Crippen LogP contribution in [0.5, 0.6) is 0 Å². The Balaban J connectivity index is 1.44. The Bertz CT molecular complexity index is 1370.